The van der Waals surface area contributed by atoms with Crippen LogP contribution >= 0.6 is 0 Å². The van der Waals surface area contributed by atoms with Gasteiger partial charge in [0.05, 0.1) is 13.0 Å². The summed E-state index contributed by atoms with van der Waals surface area (Å²) >= 11 is 0. The van der Waals surface area contributed by atoms with Gasteiger partial charge in [-0.15, -0.1) is 0 Å². The van der Waals surface area contributed by atoms with Crippen molar-refractivity contribution in [2.24, 2.45) is 10.7 Å². The summed E-state index contributed by atoms with van der Waals surface area (Å²) in [6, 6.07) is 7.69. The molecular formula is C28H37N3O4. The van der Waals surface area contributed by atoms with E-state index in [0.717, 1.165) is 28.8 Å². The Morgan fingerprint density at radius 1 is 1.23 bits per heavy atom. The number of aliphatic hydroxyl groups excluding tert-OH is 1. The lowest BCUT2D eigenvalue weighted by atomic mass is 10.0. The van der Waals surface area contributed by atoms with E-state index < -0.39 is 0 Å². The summed E-state index contributed by atoms with van der Waals surface area (Å²) in [5, 5.41) is 9.16. The van der Waals surface area contributed by atoms with Gasteiger partial charge in [0, 0.05) is 43.8 Å². The molecule has 3 N–H and O–H groups in total. The van der Waals surface area contributed by atoms with Gasteiger partial charge in [0.15, 0.2) is 0 Å². The summed E-state index contributed by atoms with van der Waals surface area (Å²) < 4.78 is 5.01. The van der Waals surface area contributed by atoms with Crippen LogP contribution in [0.1, 0.15) is 50.7 Å². The van der Waals surface area contributed by atoms with Crippen LogP contribution in [0.2, 0.25) is 0 Å². The zero-order valence-corrected chi connectivity index (χ0v) is 20.8. The number of carbonyl (C=O) groups excluding carboxylic acids is 2. The number of hydrogen-bond acceptors (Lipinski definition) is 6. The van der Waals surface area contributed by atoms with Crippen LogP contribution in [0.25, 0.3) is 5.57 Å². The molecule has 1 amide bonds. The third kappa shape index (κ3) is 9.02. The van der Waals surface area contributed by atoms with Gasteiger partial charge < -0.3 is 20.5 Å². The summed E-state index contributed by atoms with van der Waals surface area (Å²) in [6.07, 6.45) is 9.80. The number of aliphatic imine (C=N–C) groups is 1. The Bertz CT molecular complexity index is 1000. The molecule has 2 rings (SSSR count). The number of hydrogen-bond donors (Lipinski definition) is 2. The average Bonchev–Trinajstić information content (AvgIpc) is 3.02. The van der Waals surface area contributed by atoms with Crippen molar-refractivity contribution in [3.8, 4) is 0 Å². The third-order valence-corrected chi connectivity index (χ3v) is 5.42. The molecule has 0 saturated heterocycles. The Morgan fingerprint density at radius 2 is 1.97 bits per heavy atom. The molecule has 7 nitrogen and oxygen atoms in total. The molecule has 188 valence electrons. The molecule has 0 spiro atoms. The zero-order valence-electron chi connectivity index (χ0n) is 20.8. The molecule has 7 heteroatoms. The van der Waals surface area contributed by atoms with E-state index in [9.17, 15) is 9.59 Å². The van der Waals surface area contributed by atoms with Crippen molar-refractivity contribution in [1.82, 2.24) is 4.90 Å². The van der Waals surface area contributed by atoms with Crippen molar-refractivity contribution in [1.29, 1.82) is 0 Å². The van der Waals surface area contributed by atoms with Crippen LogP contribution in [0.3, 0.4) is 0 Å². The maximum atomic E-state index is 13.1. The van der Waals surface area contributed by atoms with Gasteiger partial charge in [0.1, 0.15) is 5.84 Å². The summed E-state index contributed by atoms with van der Waals surface area (Å²) in [5.74, 6) is 0.0759. The number of nitrogens with zero attached hydrogens (tertiary/aromatic N) is 2. The second kappa shape index (κ2) is 14.7. The molecule has 0 atom stereocenters. The van der Waals surface area contributed by atoms with Crippen LogP contribution in [0.15, 0.2) is 71.4 Å². The Labute approximate surface area is 208 Å². The predicted octanol–water partition coefficient (Wildman–Crippen LogP) is 3.94. The highest BCUT2D eigenvalue weighted by Crippen LogP contribution is 2.24. The number of rotatable bonds is 12. The molecule has 1 aromatic rings. The van der Waals surface area contributed by atoms with Gasteiger partial charge in [0.25, 0.3) is 0 Å². The van der Waals surface area contributed by atoms with E-state index in [1.54, 1.807) is 17.9 Å². The van der Waals surface area contributed by atoms with Gasteiger partial charge in [-0.3, -0.25) is 9.59 Å². The van der Waals surface area contributed by atoms with E-state index in [0.29, 0.717) is 50.4 Å². The number of nitrogens with two attached hydrogens (primary N) is 1. The Balaban J connectivity index is 2.24. The van der Waals surface area contributed by atoms with E-state index >= 15 is 0 Å². The first-order valence-corrected chi connectivity index (χ1v) is 12.1. The Hall–Kier alpha value is -3.45. The lowest BCUT2D eigenvalue weighted by molar-refractivity contribution is -0.142. The minimum atomic E-state index is -0.251. The summed E-state index contributed by atoms with van der Waals surface area (Å²) in [7, 11) is 0. The Morgan fingerprint density at radius 3 is 2.60 bits per heavy atom. The Kier molecular flexibility index (Phi) is 11.7. The average molecular weight is 480 g/mol. The number of benzene rings is 1. The first kappa shape index (κ1) is 27.8. The maximum Gasteiger partial charge on any atom is 0.310 e. The second-order valence-corrected chi connectivity index (χ2v) is 8.25. The first-order chi connectivity index (χ1) is 16.9. The number of esters is 1. The summed E-state index contributed by atoms with van der Waals surface area (Å²) in [6.45, 7) is 9.18. The molecule has 0 radical (unpaired) electrons. The number of amides is 1. The third-order valence-electron chi connectivity index (χ3n) is 5.42. The molecule has 0 bridgehead atoms. The van der Waals surface area contributed by atoms with E-state index in [4.69, 9.17) is 15.6 Å². The first-order valence-electron chi connectivity index (χ1n) is 12.1. The molecule has 1 aliphatic heterocycles. The topological polar surface area (TPSA) is 105 Å². The van der Waals surface area contributed by atoms with Gasteiger partial charge in [-0.25, -0.2) is 4.99 Å². The number of allylic oxidation sites excluding steroid dienone is 5. The standard InChI is InChI=1S/C28H37N3O4/c1-4-8-23(22-11-9-21(10-12-22)18-27(33)35-6-3)19-25-14-13-24(20-26(29)30-25)28(34)31(15-5-2)16-7-17-32/h4,8-13,19,32H,1,5-7,14-18,20H2,2-3H3,(H2,29,30)/b23-8+,25-19+. The smallest absolute Gasteiger partial charge is 0.310 e. The van der Waals surface area contributed by atoms with E-state index in [-0.39, 0.29) is 24.9 Å². The van der Waals surface area contributed by atoms with Gasteiger partial charge in [0.2, 0.25) is 5.91 Å². The lowest BCUT2D eigenvalue weighted by Gasteiger charge is -2.23. The zero-order chi connectivity index (χ0) is 25.6. The highest BCUT2D eigenvalue weighted by molar-refractivity contribution is 6.00. The normalized spacial score (nSPS) is 15.2. The number of carbonyl (C=O) groups is 2. The fourth-order valence-electron chi connectivity index (χ4n) is 3.80. The van der Waals surface area contributed by atoms with Crippen LogP contribution in [-0.4, -0.2) is 54.0 Å². The van der Waals surface area contributed by atoms with Crippen LogP contribution in [0.5, 0.6) is 0 Å². The fraction of sp³-hybridized carbons (Fsp3) is 0.393. The molecule has 35 heavy (non-hydrogen) atoms. The van der Waals surface area contributed by atoms with Crippen molar-refractivity contribution in [2.45, 2.75) is 46.0 Å². The number of amidine groups is 1. The molecule has 1 aromatic carbocycles. The number of aliphatic hydroxyl groups is 1. The molecule has 0 unspecified atom stereocenters. The van der Waals surface area contributed by atoms with Gasteiger partial charge in [-0.1, -0.05) is 56.0 Å². The molecule has 0 aromatic heterocycles. The molecular weight excluding hydrogens is 442 g/mol. The van der Waals surface area contributed by atoms with Gasteiger partial charge in [-0.2, -0.15) is 0 Å². The summed E-state index contributed by atoms with van der Waals surface area (Å²) in [4.78, 5) is 31.1. The highest BCUT2D eigenvalue weighted by Gasteiger charge is 2.20. The predicted molar refractivity (Wildman–Crippen MR) is 141 cm³/mol. The van der Waals surface area contributed by atoms with Crippen LogP contribution in [0, 0.1) is 0 Å². The molecule has 0 saturated carbocycles. The molecule has 0 aliphatic carbocycles. The number of ether oxygens (including phenoxy) is 1. The maximum absolute atomic E-state index is 13.1. The molecule has 0 fully saturated rings. The molecule has 1 aliphatic rings. The van der Waals surface area contributed by atoms with Crippen LogP contribution in [0.4, 0.5) is 0 Å². The van der Waals surface area contributed by atoms with E-state index in [1.807, 2.05) is 49.4 Å². The minimum Gasteiger partial charge on any atom is -0.466 e. The largest absolute Gasteiger partial charge is 0.466 e. The molecule has 1 heterocycles. The second-order valence-electron chi connectivity index (χ2n) is 8.25. The minimum absolute atomic E-state index is 0.0469. The van der Waals surface area contributed by atoms with E-state index in [2.05, 4.69) is 11.6 Å². The van der Waals surface area contributed by atoms with Crippen molar-refractivity contribution >= 4 is 23.3 Å². The highest BCUT2D eigenvalue weighted by atomic mass is 16.5. The van der Waals surface area contributed by atoms with Crippen molar-refractivity contribution in [3.05, 3.63) is 77.5 Å². The van der Waals surface area contributed by atoms with Crippen molar-refractivity contribution in [2.75, 3.05) is 26.3 Å². The quantitative estimate of drug-likeness (QED) is 0.349. The van der Waals surface area contributed by atoms with Crippen LogP contribution in [-0.2, 0) is 20.7 Å². The van der Waals surface area contributed by atoms with Crippen LogP contribution < -0.4 is 5.73 Å². The van der Waals surface area contributed by atoms with Gasteiger partial charge >= 0.3 is 5.97 Å². The monoisotopic (exact) mass is 479 g/mol. The van der Waals surface area contributed by atoms with Gasteiger partial charge in [-0.05, 0) is 42.5 Å². The van der Waals surface area contributed by atoms with Crippen molar-refractivity contribution in [3.63, 3.8) is 0 Å². The summed E-state index contributed by atoms with van der Waals surface area (Å²) in [5.41, 5.74) is 10.3. The fourth-order valence-corrected chi connectivity index (χ4v) is 3.80. The van der Waals surface area contributed by atoms with E-state index in [1.165, 1.54) is 0 Å². The van der Waals surface area contributed by atoms with Crippen molar-refractivity contribution < 1.29 is 19.4 Å². The SMILES string of the molecule is C=C/C=C(\C=C1/CC=C(C(=O)N(CCC)CCCO)CC(N)=N1)c1ccc(CC(=O)OCC)cc1. The lowest BCUT2D eigenvalue weighted by Crippen LogP contribution is -2.35.